The molecule has 0 radical (unpaired) electrons. The van der Waals surface area contributed by atoms with Gasteiger partial charge in [-0.3, -0.25) is 4.79 Å². The normalized spacial score (nSPS) is 15.8. The summed E-state index contributed by atoms with van der Waals surface area (Å²) in [7, 11) is 1.62. The number of nitrogens with one attached hydrogen (secondary N) is 1. The summed E-state index contributed by atoms with van der Waals surface area (Å²) in [5, 5.41) is 10.8. The van der Waals surface area contributed by atoms with Gasteiger partial charge in [0.1, 0.15) is 17.7 Å². The lowest BCUT2D eigenvalue weighted by Crippen LogP contribution is -2.24. The van der Waals surface area contributed by atoms with E-state index in [4.69, 9.17) is 9.47 Å². The first-order valence-corrected chi connectivity index (χ1v) is 8.81. The molecule has 1 aromatic heterocycles. The van der Waals surface area contributed by atoms with Crippen molar-refractivity contribution in [1.29, 1.82) is 0 Å². The molecular formula is C20H19FN4O3. The van der Waals surface area contributed by atoms with E-state index >= 15 is 0 Å². The van der Waals surface area contributed by atoms with Gasteiger partial charge in [-0.25, -0.2) is 9.07 Å². The lowest BCUT2D eigenvalue weighted by Gasteiger charge is -2.24. The zero-order valence-corrected chi connectivity index (χ0v) is 15.5. The number of benzene rings is 2. The first-order valence-electron chi connectivity index (χ1n) is 8.81. The molecule has 1 aliphatic rings. The highest BCUT2D eigenvalue weighted by Gasteiger charge is 2.28. The Hall–Kier alpha value is -3.26. The van der Waals surface area contributed by atoms with Gasteiger partial charge in [-0.15, -0.1) is 5.10 Å². The molecule has 144 valence electrons. The number of aromatic nitrogens is 3. The fourth-order valence-electron chi connectivity index (χ4n) is 3.13. The summed E-state index contributed by atoms with van der Waals surface area (Å²) in [6.45, 7) is 2.25. The van der Waals surface area contributed by atoms with Crippen LogP contribution in [0.5, 0.6) is 5.75 Å². The third-order valence-electron chi connectivity index (χ3n) is 4.82. The Bertz CT molecular complexity index is 1020. The van der Waals surface area contributed by atoms with Crippen LogP contribution in [0.4, 0.5) is 10.1 Å². The number of hydrogen-bond donors (Lipinski definition) is 1. The third-order valence-corrected chi connectivity index (χ3v) is 4.82. The van der Waals surface area contributed by atoms with Crippen LogP contribution in [-0.4, -0.2) is 28.0 Å². The Balaban J connectivity index is 1.51. The fraction of sp³-hybridized carbons (Fsp3) is 0.250. The molecule has 0 spiro atoms. The van der Waals surface area contributed by atoms with Crippen LogP contribution in [0.2, 0.25) is 0 Å². The van der Waals surface area contributed by atoms with Gasteiger partial charge in [-0.2, -0.15) is 0 Å². The van der Waals surface area contributed by atoms with Crippen LogP contribution >= 0.6 is 0 Å². The molecule has 0 aliphatic carbocycles. The highest BCUT2D eigenvalue weighted by atomic mass is 19.1. The van der Waals surface area contributed by atoms with Gasteiger partial charge < -0.3 is 14.8 Å². The van der Waals surface area contributed by atoms with Gasteiger partial charge in [0.15, 0.2) is 5.69 Å². The third kappa shape index (κ3) is 3.34. The van der Waals surface area contributed by atoms with E-state index in [0.717, 1.165) is 11.3 Å². The molecule has 0 fully saturated rings. The summed E-state index contributed by atoms with van der Waals surface area (Å²) < 4.78 is 26.5. The van der Waals surface area contributed by atoms with Crippen molar-refractivity contribution < 1.29 is 18.7 Å². The number of amides is 1. The Morgan fingerprint density at radius 3 is 2.82 bits per heavy atom. The van der Waals surface area contributed by atoms with Gasteiger partial charge in [0.05, 0.1) is 26.0 Å². The molecule has 0 saturated heterocycles. The van der Waals surface area contributed by atoms with Crippen LogP contribution in [-0.2, 0) is 17.9 Å². The summed E-state index contributed by atoms with van der Waals surface area (Å²) >= 11 is 0. The summed E-state index contributed by atoms with van der Waals surface area (Å²) in [4.78, 5) is 12.6. The number of rotatable bonds is 4. The predicted octanol–water partition coefficient (Wildman–Crippen LogP) is 3.26. The van der Waals surface area contributed by atoms with Crippen LogP contribution in [0.15, 0.2) is 42.5 Å². The Labute approximate surface area is 161 Å². The Kier molecular flexibility index (Phi) is 4.79. The second-order valence-corrected chi connectivity index (χ2v) is 6.51. The maximum atomic E-state index is 13.7. The van der Waals surface area contributed by atoms with E-state index in [1.807, 2.05) is 24.3 Å². The van der Waals surface area contributed by atoms with Crippen LogP contribution in [0.25, 0.3) is 0 Å². The fourth-order valence-corrected chi connectivity index (χ4v) is 3.13. The Morgan fingerprint density at radius 2 is 2.07 bits per heavy atom. The minimum Gasteiger partial charge on any atom is -0.497 e. The zero-order chi connectivity index (χ0) is 19.7. The van der Waals surface area contributed by atoms with E-state index in [9.17, 15) is 9.18 Å². The van der Waals surface area contributed by atoms with Gasteiger partial charge in [-0.1, -0.05) is 23.4 Å². The molecule has 1 amide bonds. The molecule has 1 atom stereocenters. The molecule has 1 aliphatic heterocycles. The summed E-state index contributed by atoms with van der Waals surface area (Å²) in [6, 6.07) is 12.1. The van der Waals surface area contributed by atoms with E-state index < -0.39 is 5.91 Å². The van der Waals surface area contributed by atoms with Crippen molar-refractivity contribution in [3.05, 3.63) is 70.8 Å². The van der Waals surface area contributed by atoms with E-state index in [-0.39, 0.29) is 24.2 Å². The number of ether oxygens (including phenoxy) is 2. The second kappa shape index (κ2) is 7.40. The SMILES string of the molecule is COc1ccc(C2Cn3nnc(C(=O)Nc4cccc(F)c4C)c3CO2)cc1. The summed E-state index contributed by atoms with van der Waals surface area (Å²) in [6.07, 6.45) is -0.193. The second-order valence-electron chi connectivity index (χ2n) is 6.51. The van der Waals surface area contributed by atoms with Crippen molar-refractivity contribution in [1.82, 2.24) is 15.0 Å². The first-order chi connectivity index (χ1) is 13.6. The molecular weight excluding hydrogens is 363 g/mol. The average molecular weight is 382 g/mol. The molecule has 2 aromatic carbocycles. The number of carbonyl (C=O) groups excluding carboxylic acids is 1. The van der Waals surface area contributed by atoms with Crippen LogP contribution in [0, 0.1) is 12.7 Å². The maximum Gasteiger partial charge on any atom is 0.278 e. The number of fused-ring (bicyclic) bond motifs is 1. The highest BCUT2D eigenvalue weighted by molar-refractivity contribution is 6.04. The molecule has 7 nitrogen and oxygen atoms in total. The Morgan fingerprint density at radius 1 is 1.29 bits per heavy atom. The quantitative estimate of drug-likeness (QED) is 0.749. The number of anilines is 1. The smallest absolute Gasteiger partial charge is 0.278 e. The molecule has 28 heavy (non-hydrogen) atoms. The molecule has 4 rings (SSSR count). The van der Waals surface area contributed by atoms with Crippen molar-refractivity contribution >= 4 is 11.6 Å². The molecule has 1 unspecified atom stereocenters. The van der Waals surface area contributed by atoms with Gasteiger partial charge in [0.25, 0.3) is 5.91 Å². The minimum atomic E-state index is -0.443. The zero-order valence-electron chi connectivity index (χ0n) is 15.5. The first kappa shape index (κ1) is 18.1. The van der Waals surface area contributed by atoms with Crippen LogP contribution in [0.3, 0.4) is 0 Å². The number of methoxy groups -OCH3 is 1. The van der Waals surface area contributed by atoms with Crippen molar-refractivity contribution in [2.45, 2.75) is 26.2 Å². The molecule has 1 N–H and O–H groups in total. The molecule has 2 heterocycles. The highest BCUT2D eigenvalue weighted by Crippen LogP contribution is 2.28. The minimum absolute atomic E-state index is 0.178. The van der Waals surface area contributed by atoms with Crippen molar-refractivity contribution in [3.8, 4) is 5.75 Å². The van der Waals surface area contributed by atoms with E-state index in [2.05, 4.69) is 15.6 Å². The monoisotopic (exact) mass is 382 g/mol. The largest absolute Gasteiger partial charge is 0.497 e. The van der Waals surface area contributed by atoms with Gasteiger partial charge >= 0.3 is 0 Å². The van der Waals surface area contributed by atoms with Crippen molar-refractivity contribution in [2.24, 2.45) is 0 Å². The van der Waals surface area contributed by atoms with Gasteiger partial charge in [0.2, 0.25) is 0 Å². The van der Waals surface area contributed by atoms with E-state index in [0.29, 0.717) is 23.5 Å². The molecule has 0 bridgehead atoms. The lowest BCUT2D eigenvalue weighted by molar-refractivity contribution is -0.00173. The lowest BCUT2D eigenvalue weighted by atomic mass is 10.1. The van der Waals surface area contributed by atoms with Crippen molar-refractivity contribution in [2.75, 3.05) is 12.4 Å². The number of halogens is 1. The summed E-state index contributed by atoms with van der Waals surface area (Å²) in [5.74, 6) is -0.0532. The van der Waals surface area contributed by atoms with Crippen LogP contribution < -0.4 is 10.1 Å². The van der Waals surface area contributed by atoms with E-state index in [1.54, 1.807) is 30.8 Å². The van der Waals surface area contributed by atoms with E-state index in [1.165, 1.54) is 6.07 Å². The average Bonchev–Trinajstić information content (AvgIpc) is 3.15. The molecule has 8 heteroatoms. The van der Waals surface area contributed by atoms with Gasteiger partial charge in [0, 0.05) is 11.3 Å². The maximum absolute atomic E-state index is 13.7. The number of nitrogens with zero attached hydrogens (tertiary/aromatic N) is 3. The standard InChI is InChI=1S/C20H19FN4O3/c1-12-15(21)4-3-5-16(12)22-20(26)19-17-11-28-18(10-25(17)24-23-19)13-6-8-14(27-2)9-7-13/h3-9,18H,10-11H2,1-2H3,(H,22,26). The predicted molar refractivity (Wildman–Crippen MR) is 99.6 cm³/mol. The number of carbonyl (C=O) groups is 1. The van der Waals surface area contributed by atoms with Crippen molar-refractivity contribution in [3.63, 3.8) is 0 Å². The summed E-state index contributed by atoms with van der Waals surface area (Å²) in [5.41, 5.74) is 2.53. The molecule has 3 aromatic rings. The molecule has 0 saturated carbocycles. The number of hydrogen-bond acceptors (Lipinski definition) is 5. The van der Waals surface area contributed by atoms with Crippen LogP contribution in [0.1, 0.15) is 33.4 Å². The topological polar surface area (TPSA) is 78.3 Å². The van der Waals surface area contributed by atoms with Gasteiger partial charge in [-0.05, 0) is 36.8 Å².